The van der Waals surface area contributed by atoms with E-state index in [1.165, 1.54) is 18.9 Å². The number of aliphatic hydroxyl groups is 1. The molecule has 1 heterocycles. The predicted octanol–water partition coefficient (Wildman–Crippen LogP) is -1.04. The van der Waals surface area contributed by atoms with Crippen molar-refractivity contribution in [1.29, 1.82) is 0 Å². The molecule has 0 aliphatic carbocycles. The second-order valence-corrected chi connectivity index (χ2v) is 4.57. The van der Waals surface area contributed by atoms with Crippen molar-refractivity contribution in [3.05, 3.63) is 0 Å². The normalized spacial score (nSPS) is 20.9. The van der Waals surface area contributed by atoms with Gasteiger partial charge in [0.15, 0.2) is 6.04 Å². The van der Waals surface area contributed by atoms with E-state index in [4.69, 9.17) is 5.11 Å². The van der Waals surface area contributed by atoms with Crippen molar-refractivity contribution in [2.75, 3.05) is 20.2 Å². The van der Waals surface area contributed by atoms with Crippen LogP contribution >= 0.6 is 0 Å². The summed E-state index contributed by atoms with van der Waals surface area (Å²) >= 11 is 0. The van der Waals surface area contributed by atoms with E-state index in [9.17, 15) is 19.5 Å². The third kappa shape index (κ3) is 4.26. The first-order chi connectivity index (χ1) is 9.35. The first-order valence-corrected chi connectivity index (χ1v) is 6.16. The molecule has 114 valence electrons. The Labute approximate surface area is 115 Å². The molecule has 0 radical (unpaired) electrons. The van der Waals surface area contributed by atoms with Gasteiger partial charge < -0.3 is 30.5 Å². The number of carbonyl (C=O) groups is 3. The summed E-state index contributed by atoms with van der Waals surface area (Å²) in [5.74, 6) is -1.31. The fourth-order valence-corrected chi connectivity index (χ4v) is 1.90. The molecule has 9 nitrogen and oxygen atoms in total. The Kier molecular flexibility index (Phi) is 5.56. The molecule has 3 amide bonds. The molecule has 1 unspecified atom stereocenters. The number of nitrogens with one attached hydrogen (secondary N) is 2. The highest BCUT2D eigenvalue weighted by Gasteiger charge is 2.31. The van der Waals surface area contributed by atoms with E-state index in [1.807, 2.05) is 0 Å². The zero-order chi connectivity index (χ0) is 15.3. The molecule has 3 atom stereocenters. The number of carboxylic acid groups (broad SMARTS) is 1. The Bertz CT molecular complexity index is 386. The average Bonchev–Trinajstić information content (AvgIpc) is 2.83. The van der Waals surface area contributed by atoms with Gasteiger partial charge in [0.05, 0.1) is 19.3 Å². The highest BCUT2D eigenvalue weighted by atomic mass is 16.5. The lowest BCUT2D eigenvalue weighted by Gasteiger charge is -2.22. The van der Waals surface area contributed by atoms with E-state index >= 15 is 0 Å². The fourth-order valence-electron chi connectivity index (χ4n) is 1.90. The van der Waals surface area contributed by atoms with Gasteiger partial charge in [-0.3, -0.25) is 0 Å². The standard InChI is InChI=1S/C11H19N3O6/c1-6(15)8(9(16)17)13-10(18)14-4-3-7(5-14)12-11(19)20-2/h6-8,15H,3-5H2,1-2H3,(H,12,19)(H,13,18)(H,16,17)/t6-,7?,8+/m1/s1. The number of alkyl carbamates (subject to hydrolysis) is 1. The number of likely N-dealkylation sites (tertiary alicyclic amines) is 1. The molecule has 1 saturated heterocycles. The number of nitrogens with zero attached hydrogens (tertiary/aromatic N) is 1. The molecule has 20 heavy (non-hydrogen) atoms. The highest BCUT2D eigenvalue weighted by Crippen LogP contribution is 2.10. The summed E-state index contributed by atoms with van der Waals surface area (Å²) in [6.07, 6.45) is -1.23. The van der Waals surface area contributed by atoms with E-state index in [2.05, 4.69) is 15.4 Å². The van der Waals surface area contributed by atoms with Gasteiger partial charge in [0, 0.05) is 13.1 Å². The maximum Gasteiger partial charge on any atom is 0.407 e. The number of ether oxygens (including phenoxy) is 1. The van der Waals surface area contributed by atoms with Crippen LogP contribution in [0.15, 0.2) is 0 Å². The summed E-state index contributed by atoms with van der Waals surface area (Å²) in [5.41, 5.74) is 0. The monoisotopic (exact) mass is 289 g/mol. The molecule has 0 spiro atoms. The van der Waals surface area contributed by atoms with Crippen molar-refractivity contribution < 1.29 is 29.3 Å². The Morgan fingerprint density at radius 1 is 1.40 bits per heavy atom. The summed E-state index contributed by atoms with van der Waals surface area (Å²) in [6.45, 7) is 1.92. The van der Waals surface area contributed by atoms with Crippen molar-refractivity contribution in [2.24, 2.45) is 0 Å². The molecular formula is C11H19N3O6. The topological polar surface area (TPSA) is 128 Å². The average molecular weight is 289 g/mol. The van der Waals surface area contributed by atoms with Crippen LogP contribution in [0.5, 0.6) is 0 Å². The maximum atomic E-state index is 11.9. The summed E-state index contributed by atoms with van der Waals surface area (Å²) in [4.78, 5) is 35.1. The van der Waals surface area contributed by atoms with E-state index < -0.39 is 30.2 Å². The smallest absolute Gasteiger partial charge is 0.407 e. The van der Waals surface area contributed by atoms with Crippen LogP contribution in [-0.2, 0) is 9.53 Å². The first-order valence-electron chi connectivity index (χ1n) is 6.16. The number of urea groups is 1. The van der Waals surface area contributed by atoms with Crippen LogP contribution < -0.4 is 10.6 Å². The maximum absolute atomic E-state index is 11.9. The molecule has 0 bridgehead atoms. The summed E-state index contributed by atoms with van der Waals surface area (Å²) in [6, 6.07) is -2.19. The number of aliphatic carboxylic acids is 1. The van der Waals surface area contributed by atoms with Crippen molar-refractivity contribution in [2.45, 2.75) is 31.5 Å². The van der Waals surface area contributed by atoms with Crippen LogP contribution in [0.25, 0.3) is 0 Å². The van der Waals surface area contributed by atoms with Crippen LogP contribution in [0.3, 0.4) is 0 Å². The second kappa shape index (κ2) is 6.94. The van der Waals surface area contributed by atoms with Gasteiger partial charge in [0.1, 0.15) is 0 Å². The minimum Gasteiger partial charge on any atom is -0.480 e. The minimum absolute atomic E-state index is 0.233. The Morgan fingerprint density at radius 3 is 2.55 bits per heavy atom. The second-order valence-electron chi connectivity index (χ2n) is 4.57. The molecule has 0 aromatic rings. The van der Waals surface area contributed by atoms with Crippen molar-refractivity contribution in [1.82, 2.24) is 15.5 Å². The third-order valence-electron chi connectivity index (χ3n) is 3.01. The molecule has 1 rings (SSSR count). The Balaban J connectivity index is 2.49. The highest BCUT2D eigenvalue weighted by molar-refractivity contribution is 5.83. The number of hydrogen-bond donors (Lipinski definition) is 4. The SMILES string of the molecule is COC(=O)NC1CCN(C(=O)N[C@H](C(=O)O)[C@@H](C)O)C1. The zero-order valence-electron chi connectivity index (χ0n) is 11.3. The van der Waals surface area contributed by atoms with Crippen LogP contribution in [0, 0.1) is 0 Å². The number of carbonyl (C=O) groups excluding carboxylic acids is 2. The number of rotatable bonds is 4. The summed E-state index contributed by atoms with van der Waals surface area (Å²) < 4.78 is 4.46. The molecule has 1 aliphatic rings. The van der Waals surface area contributed by atoms with Crippen molar-refractivity contribution >= 4 is 18.1 Å². The zero-order valence-corrected chi connectivity index (χ0v) is 11.3. The van der Waals surface area contributed by atoms with Gasteiger partial charge in [-0.2, -0.15) is 0 Å². The van der Waals surface area contributed by atoms with Crippen molar-refractivity contribution in [3.8, 4) is 0 Å². The Morgan fingerprint density at radius 2 is 2.05 bits per heavy atom. The number of carboxylic acids is 1. The van der Waals surface area contributed by atoms with Crippen LogP contribution in [0.2, 0.25) is 0 Å². The van der Waals surface area contributed by atoms with Gasteiger partial charge in [0.2, 0.25) is 0 Å². The van der Waals surface area contributed by atoms with Gasteiger partial charge >= 0.3 is 18.1 Å². The van der Waals surface area contributed by atoms with Crippen LogP contribution in [-0.4, -0.2) is 71.6 Å². The van der Waals surface area contributed by atoms with Crippen molar-refractivity contribution in [3.63, 3.8) is 0 Å². The molecule has 4 N–H and O–H groups in total. The number of amides is 3. The van der Waals surface area contributed by atoms with Gasteiger partial charge in [0.25, 0.3) is 0 Å². The van der Waals surface area contributed by atoms with Crippen LogP contribution in [0.4, 0.5) is 9.59 Å². The first kappa shape index (κ1) is 16.0. The lowest BCUT2D eigenvalue weighted by molar-refractivity contribution is -0.141. The minimum atomic E-state index is -1.37. The quantitative estimate of drug-likeness (QED) is 0.523. The molecule has 1 fully saturated rings. The van der Waals surface area contributed by atoms with Gasteiger partial charge in [-0.05, 0) is 13.3 Å². The van der Waals surface area contributed by atoms with E-state index in [0.29, 0.717) is 13.0 Å². The van der Waals surface area contributed by atoms with Gasteiger partial charge in [-0.1, -0.05) is 0 Å². The molecule has 0 saturated carbocycles. The molecule has 9 heteroatoms. The molecule has 1 aliphatic heterocycles. The number of methoxy groups -OCH3 is 1. The third-order valence-corrected chi connectivity index (χ3v) is 3.01. The number of aliphatic hydroxyl groups excluding tert-OH is 1. The van der Waals surface area contributed by atoms with E-state index in [1.54, 1.807) is 0 Å². The van der Waals surface area contributed by atoms with E-state index in [0.717, 1.165) is 0 Å². The largest absolute Gasteiger partial charge is 0.480 e. The van der Waals surface area contributed by atoms with Crippen LogP contribution in [0.1, 0.15) is 13.3 Å². The van der Waals surface area contributed by atoms with Gasteiger partial charge in [-0.15, -0.1) is 0 Å². The Hall–Kier alpha value is -2.03. The molecular weight excluding hydrogens is 270 g/mol. The lowest BCUT2D eigenvalue weighted by atomic mass is 10.2. The summed E-state index contributed by atoms with van der Waals surface area (Å²) in [7, 11) is 1.24. The summed E-state index contributed by atoms with van der Waals surface area (Å²) in [5, 5.41) is 23.0. The molecule has 0 aromatic carbocycles. The fraction of sp³-hybridized carbons (Fsp3) is 0.727. The predicted molar refractivity (Wildman–Crippen MR) is 67.2 cm³/mol. The number of hydrogen-bond acceptors (Lipinski definition) is 5. The van der Waals surface area contributed by atoms with E-state index in [-0.39, 0.29) is 12.6 Å². The molecule has 0 aromatic heterocycles. The van der Waals surface area contributed by atoms with Gasteiger partial charge in [-0.25, -0.2) is 14.4 Å². The lowest BCUT2D eigenvalue weighted by Crippen LogP contribution is -2.52.